The monoisotopic (exact) mass is 443 g/mol. The van der Waals surface area contributed by atoms with Crippen LogP contribution in [0, 0.1) is 5.92 Å². The molecule has 0 aliphatic heterocycles. The number of carbonyl (C=O) groups is 2. The van der Waals surface area contributed by atoms with Gasteiger partial charge in [0.1, 0.15) is 11.5 Å². The van der Waals surface area contributed by atoms with Gasteiger partial charge in [-0.1, -0.05) is 32.9 Å². The fraction of sp³-hybridized carbons (Fsp3) is 0.600. The van der Waals surface area contributed by atoms with Crippen LogP contribution in [-0.2, 0) is 20.6 Å². The summed E-state index contributed by atoms with van der Waals surface area (Å²) >= 11 is 0. The zero-order chi connectivity index (χ0) is 23.1. The number of likely N-dealkylation sites (N-methyl/N-ethyl adjacent to an activating group) is 1. The van der Waals surface area contributed by atoms with Gasteiger partial charge in [0.25, 0.3) is 0 Å². The Labute approximate surface area is 178 Å². The van der Waals surface area contributed by atoms with Gasteiger partial charge in [-0.25, -0.2) is 0 Å². The second-order valence-electron chi connectivity index (χ2n) is 7.76. The summed E-state index contributed by atoms with van der Waals surface area (Å²) in [6.07, 6.45) is 0.699. The number of nitrogens with zero attached hydrogens (tertiary/aromatic N) is 1. The number of hydrogen-bond donors (Lipinski definition) is 4. The van der Waals surface area contributed by atoms with Crippen molar-refractivity contribution in [1.29, 1.82) is 0 Å². The van der Waals surface area contributed by atoms with Crippen LogP contribution in [0.1, 0.15) is 39.2 Å². The largest absolute Gasteiger partial charge is 0.497 e. The Hall–Kier alpha value is -1.77. The highest BCUT2D eigenvalue weighted by molar-refractivity contribution is 7.52. The average Bonchev–Trinajstić information content (AvgIpc) is 2.68. The third kappa shape index (κ3) is 7.81. The first-order valence-electron chi connectivity index (χ1n) is 9.91. The van der Waals surface area contributed by atoms with Crippen LogP contribution in [0.5, 0.6) is 5.75 Å². The number of benzene rings is 1. The van der Waals surface area contributed by atoms with Crippen molar-refractivity contribution in [3.63, 3.8) is 0 Å². The highest BCUT2D eigenvalue weighted by Gasteiger charge is 2.35. The first kappa shape index (κ1) is 26.3. The van der Waals surface area contributed by atoms with Gasteiger partial charge in [-0.15, -0.1) is 0 Å². The number of rotatable bonds is 11. The number of imide groups is 1. The molecule has 1 aromatic rings. The first-order chi connectivity index (χ1) is 13.9. The first-order valence-corrected chi connectivity index (χ1v) is 11.6. The molecule has 3 atom stereocenters. The topological polar surface area (TPSA) is 142 Å². The van der Waals surface area contributed by atoms with Crippen LogP contribution < -0.4 is 15.8 Å². The number of carbonyl (C=O) groups excluding carboxylic acids is 2. The molecule has 30 heavy (non-hydrogen) atoms. The molecule has 0 aliphatic rings. The van der Waals surface area contributed by atoms with Crippen LogP contribution in [0.3, 0.4) is 0 Å². The Morgan fingerprint density at radius 3 is 2.20 bits per heavy atom. The standard InChI is InChI=1S/C20H34N3O6P/c1-6-18(30(26,27)28)22-17(11-13(2)3)20(25)23(4)19(24)16(21)12-14-7-9-15(29-5)10-8-14/h7-10,13,16-18,22H,6,11-12,21H2,1-5H3,(H2,26,27,28)/t16-,17-,18?/m0/s1. The predicted molar refractivity (Wildman–Crippen MR) is 115 cm³/mol. The molecule has 1 rings (SSSR count). The molecule has 170 valence electrons. The summed E-state index contributed by atoms with van der Waals surface area (Å²) in [5.74, 6) is -1.54. The van der Waals surface area contributed by atoms with Gasteiger partial charge in [0.2, 0.25) is 11.8 Å². The number of nitrogens with one attached hydrogen (secondary N) is 1. The summed E-state index contributed by atoms with van der Waals surface area (Å²) in [5.41, 5.74) is 6.86. The van der Waals surface area contributed by atoms with Gasteiger partial charge in [0.15, 0.2) is 0 Å². The summed E-state index contributed by atoms with van der Waals surface area (Å²) < 4.78 is 16.8. The van der Waals surface area contributed by atoms with Crippen molar-refractivity contribution in [2.75, 3.05) is 14.2 Å². The third-order valence-corrected chi connectivity index (χ3v) is 6.11. The lowest BCUT2D eigenvalue weighted by atomic mass is 10.0. The van der Waals surface area contributed by atoms with E-state index in [4.69, 9.17) is 10.5 Å². The minimum atomic E-state index is -4.44. The SMILES string of the molecule is CCC(N[C@@H](CC(C)C)C(=O)N(C)C(=O)[C@@H](N)Cc1ccc(OC)cc1)P(=O)(O)O. The van der Waals surface area contributed by atoms with Crippen molar-refractivity contribution in [3.8, 4) is 5.75 Å². The summed E-state index contributed by atoms with van der Waals surface area (Å²) in [6.45, 7) is 5.39. The van der Waals surface area contributed by atoms with Crippen LogP contribution in [0.15, 0.2) is 24.3 Å². The Balaban J connectivity index is 2.90. The second-order valence-corrected chi connectivity index (χ2v) is 9.56. The molecule has 0 bridgehead atoms. The molecule has 0 radical (unpaired) electrons. The number of nitrogens with two attached hydrogens (primary N) is 1. The maximum Gasteiger partial charge on any atom is 0.342 e. The summed E-state index contributed by atoms with van der Waals surface area (Å²) in [5, 5.41) is 2.75. The van der Waals surface area contributed by atoms with Crippen molar-refractivity contribution in [2.45, 2.75) is 57.9 Å². The lowest BCUT2D eigenvalue weighted by Gasteiger charge is -2.29. The molecule has 1 unspecified atom stereocenters. The van der Waals surface area contributed by atoms with E-state index >= 15 is 0 Å². The van der Waals surface area contributed by atoms with Crippen molar-refractivity contribution >= 4 is 19.4 Å². The Morgan fingerprint density at radius 1 is 1.20 bits per heavy atom. The normalized spacial score (nSPS) is 14.8. The van der Waals surface area contributed by atoms with Gasteiger partial charge in [0.05, 0.1) is 19.2 Å². The molecule has 0 saturated heterocycles. The van der Waals surface area contributed by atoms with Crippen LogP contribution in [0.25, 0.3) is 0 Å². The number of methoxy groups -OCH3 is 1. The van der Waals surface area contributed by atoms with E-state index in [9.17, 15) is 23.9 Å². The minimum Gasteiger partial charge on any atom is -0.497 e. The molecule has 0 aromatic heterocycles. The summed E-state index contributed by atoms with van der Waals surface area (Å²) in [4.78, 5) is 45.6. The molecular formula is C20H34N3O6P. The Kier molecular flexibility index (Phi) is 10.1. The van der Waals surface area contributed by atoms with Gasteiger partial charge in [-0.2, -0.15) is 0 Å². The van der Waals surface area contributed by atoms with Crippen LogP contribution in [-0.4, -0.2) is 58.5 Å². The van der Waals surface area contributed by atoms with Crippen molar-refractivity contribution in [2.24, 2.45) is 11.7 Å². The maximum atomic E-state index is 13.0. The van der Waals surface area contributed by atoms with E-state index < -0.39 is 37.3 Å². The third-order valence-electron chi connectivity index (χ3n) is 4.78. The molecular weight excluding hydrogens is 409 g/mol. The van der Waals surface area contributed by atoms with E-state index in [0.717, 1.165) is 10.5 Å². The van der Waals surface area contributed by atoms with E-state index in [2.05, 4.69) is 5.32 Å². The summed E-state index contributed by atoms with van der Waals surface area (Å²) in [6, 6.07) is 5.26. The Morgan fingerprint density at radius 2 is 1.77 bits per heavy atom. The quantitative estimate of drug-likeness (QED) is 0.377. The molecule has 0 heterocycles. The predicted octanol–water partition coefficient (Wildman–Crippen LogP) is 1.47. The zero-order valence-electron chi connectivity index (χ0n) is 18.2. The van der Waals surface area contributed by atoms with Gasteiger partial charge < -0.3 is 20.3 Å². The van der Waals surface area contributed by atoms with E-state index in [0.29, 0.717) is 12.2 Å². The molecule has 0 saturated carbocycles. The molecule has 0 fully saturated rings. The molecule has 0 aliphatic carbocycles. The Bertz CT molecular complexity index is 749. The lowest BCUT2D eigenvalue weighted by molar-refractivity contribution is -0.145. The lowest BCUT2D eigenvalue weighted by Crippen LogP contribution is -2.54. The minimum absolute atomic E-state index is 0.0669. The molecule has 9 nitrogen and oxygen atoms in total. The van der Waals surface area contributed by atoms with E-state index in [1.165, 1.54) is 7.05 Å². The van der Waals surface area contributed by atoms with Crippen LogP contribution in [0.2, 0.25) is 0 Å². The van der Waals surface area contributed by atoms with E-state index in [1.807, 2.05) is 13.8 Å². The average molecular weight is 443 g/mol. The molecule has 1 aromatic carbocycles. The second kappa shape index (κ2) is 11.6. The van der Waals surface area contributed by atoms with Gasteiger partial charge >= 0.3 is 7.60 Å². The number of amides is 2. The van der Waals surface area contributed by atoms with Gasteiger partial charge in [-0.3, -0.25) is 24.4 Å². The molecule has 0 spiro atoms. The highest BCUT2D eigenvalue weighted by Crippen LogP contribution is 2.41. The van der Waals surface area contributed by atoms with Crippen LogP contribution >= 0.6 is 7.60 Å². The van der Waals surface area contributed by atoms with Crippen LogP contribution in [0.4, 0.5) is 0 Å². The van der Waals surface area contributed by atoms with Crippen molar-refractivity contribution in [1.82, 2.24) is 10.2 Å². The van der Waals surface area contributed by atoms with E-state index in [1.54, 1.807) is 38.3 Å². The fourth-order valence-corrected chi connectivity index (χ4v) is 3.94. The highest BCUT2D eigenvalue weighted by atomic mass is 31.2. The van der Waals surface area contributed by atoms with E-state index in [-0.39, 0.29) is 18.8 Å². The van der Waals surface area contributed by atoms with Gasteiger partial charge in [0, 0.05) is 7.05 Å². The number of hydrogen-bond acceptors (Lipinski definition) is 6. The number of ether oxygens (including phenoxy) is 1. The molecule has 2 amide bonds. The fourth-order valence-electron chi connectivity index (χ4n) is 3.09. The summed E-state index contributed by atoms with van der Waals surface area (Å²) in [7, 11) is -1.54. The maximum absolute atomic E-state index is 13.0. The van der Waals surface area contributed by atoms with Crippen molar-refractivity contribution < 1.29 is 28.7 Å². The van der Waals surface area contributed by atoms with Crippen molar-refractivity contribution in [3.05, 3.63) is 29.8 Å². The van der Waals surface area contributed by atoms with Gasteiger partial charge in [-0.05, 0) is 42.9 Å². The molecule has 5 N–H and O–H groups in total. The molecule has 10 heteroatoms. The zero-order valence-corrected chi connectivity index (χ0v) is 19.1. The smallest absolute Gasteiger partial charge is 0.342 e.